The van der Waals surface area contributed by atoms with E-state index in [0.29, 0.717) is 42.6 Å². The minimum Gasteiger partial charge on any atom is -0.493 e. The zero-order chi connectivity index (χ0) is 23.7. The smallest absolute Gasteiger partial charge is 0.270 e. The van der Waals surface area contributed by atoms with Gasteiger partial charge >= 0.3 is 0 Å². The molecule has 4 aromatic rings. The molecule has 1 N–H and O–H groups in total. The highest BCUT2D eigenvalue weighted by Crippen LogP contribution is 2.40. The average Bonchev–Trinajstić information content (AvgIpc) is 3.33. The van der Waals surface area contributed by atoms with Crippen LogP contribution >= 0.6 is 0 Å². The monoisotopic (exact) mass is 460 g/mol. The lowest BCUT2D eigenvalue weighted by molar-refractivity contribution is 0.0622. The fraction of sp³-hybridized carbons (Fsp3) is 0.308. The number of amides is 1. The van der Waals surface area contributed by atoms with Crippen molar-refractivity contribution in [1.29, 1.82) is 0 Å². The van der Waals surface area contributed by atoms with Crippen LogP contribution in [0.1, 0.15) is 16.1 Å². The molecule has 1 aliphatic heterocycles. The predicted molar refractivity (Wildman–Crippen MR) is 131 cm³/mol. The molecule has 2 aromatic carbocycles. The number of pyridine rings is 1. The summed E-state index contributed by atoms with van der Waals surface area (Å²) < 4.78 is 16.5. The number of ether oxygens (including phenoxy) is 3. The minimum absolute atomic E-state index is 0.0172. The van der Waals surface area contributed by atoms with E-state index in [1.165, 1.54) is 0 Å². The molecular formula is C26H28N4O4. The van der Waals surface area contributed by atoms with E-state index in [1.54, 1.807) is 27.5 Å². The van der Waals surface area contributed by atoms with Gasteiger partial charge in [0, 0.05) is 55.3 Å². The summed E-state index contributed by atoms with van der Waals surface area (Å²) in [4.78, 5) is 25.3. The molecule has 0 saturated carbocycles. The fourth-order valence-electron chi connectivity index (χ4n) is 4.66. The Labute approximate surface area is 198 Å². The summed E-state index contributed by atoms with van der Waals surface area (Å²) in [7, 11) is 4.85. The Morgan fingerprint density at radius 2 is 1.71 bits per heavy atom. The van der Waals surface area contributed by atoms with Gasteiger partial charge in [-0.05, 0) is 18.2 Å². The van der Waals surface area contributed by atoms with Crippen LogP contribution in [0.2, 0.25) is 0 Å². The molecule has 0 atom stereocenters. The standard InChI is InChI=1S/C26H28N4O4/c1-32-21-9-8-19(24(33-2)25(21)34-3)16-29-11-13-30(14-12-29)26(31)20-15-18-7-6-17-5-4-10-27-22(17)23(18)28-20/h4-10,15,28H,11-14,16H2,1-3H3. The van der Waals surface area contributed by atoms with Gasteiger partial charge in [0.25, 0.3) is 5.91 Å². The number of H-pyrrole nitrogens is 1. The van der Waals surface area contributed by atoms with E-state index in [0.717, 1.165) is 40.5 Å². The number of methoxy groups -OCH3 is 3. The number of carbonyl (C=O) groups excluding carboxylic acids is 1. The van der Waals surface area contributed by atoms with Crippen molar-refractivity contribution in [3.05, 3.63) is 59.9 Å². The van der Waals surface area contributed by atoms with Crippen molar-refractivity contribution in [1.82, 2.24) is 19.8 Å². The first kappa shape index (κ1) is 22.0. The van der Waals surface area contributed by atoms with Crippen molar-refractivity contribution in [2.45, 2.75) is 6.54 Å². The SMILES string of the molecule is COc1ccc(CN2CCN(C(=O)c3cc4ccc5cccnc5c4[nH]3)CC2)c(OC)c1OC. The quantitative estimate of drug-likeness (QED) is 0.473. The summed E-state index contributed by atoms with van der Waals surface area (Å²) in [5.41, 5.74) is 3.41. The highest BCUT2D eigenvalue weighted by molar-refractivity contribution is 6.07. The molecule has 0 radical (unpaired) electrons. The first-order chi connectivity index (χ1) is 16.6. The third kappa shape index (κ3) is 3.90. The molecule has 1 aliphatic rings. The Kier molecular flexibility index (Phi) is 5.98. The van der Waals surface area contributed by atoms with E-state index in [9.17, 15) is 4.79 Å². The van der Waals surface area contributed by atoms with E-state index in [-0.39, 0.29) is 5.91 Å². The fourth-order valence-corrected chi connectivity index (χ4v) is 4.66. The Balaban J connectivity index is 1.28. The third-order valence-corrected chi connectivity index (χ3v) is 6.44. The number of aromatic nitrogens is 2. The van der Waals surface area contributed by atoms with Gasteiger partial charge in [-0.2, -0.15) is 0 Å². The number of aromatic amines is 1. The number of fused-ring (bicyclic) bond motifs is 3. The van der Waals surface area contributed by atoms with Gasteiger partial charge in [-0.25, -0.2) is 0 Å². The molecule has 1 amide bonds. The summed E-state index contributed by atoms with van der Waals surface area (Å²) in [6.07, 6.45) is 1.77. The minimum atomic E-state index is 0.0172. The molecule has 0 bridgehead atoms. The van der Waals surface area contributed by atoms with Crippen LogP contribution in [-0.4, -0.2) is 73.2 Å². The molecule has 34 heavy (non-hydrogen) atoms. The molecule has 3 heterocycles. The van der Waals surface area contributed by atoms with E-state index in [2.05, 4.69) is 14.9 Å². The summed E-state index contributed by atoms with van der Waals surface area (Å²) in [6, 6.07) is 13.8. The lowest BCUT2D eigenvalue weighted by Gasteiger charge is -2.34. The van der Waals surface area contributed by atoms with Gasteiger partial charge in [0.1, 0.15) is 5.69 Å². The summed E-state index contributed by atoms with van der Waals surface area (Å²) in [5, 5.41) is 2.05. The zero-order valence-corrected chi connectivity index (χ0v) is 19.6. The second-order valence-corrected chi connectivity index (χ2v) is 8.35. The second-order valence-electron chi connectivity index (χ2n) is 8.35. The highest BCUT2D eigenvalue weighted by Gasteiger charge is 2.25. The topological polar surface area (TPSA) is 79.9 Å². The summed E-state index contributed by atoms with van der Waals surface area (Å²) >= 11 is 0. The summed E-state index contributed by atoms with van der Waals surface area (Å²) in [5.74, 6) is 1.93. The lowest BCUT2D eigenvalue weighted by Crippen LogP contribution is -2.48. The number of carbonyl (C=O) groups is 1. The maximum Gasteiger partial charge on any atom is 0.270 e. The summed E-state index contributed by atoms with van der Waals surface area (Å²) in [6.45, 7) is 3.56. The number of piperazine rings is 1. The molecule has 8 heteroatoms. The number of rotatable bonds is 6. The van der Waals surface area contributed by atoms with Crippen LogP contribution in [0.25, 0.3) is 21.8 Å². The third-order valence-electron chi connectivity index (χ3n) is 6.44. The molecule has 176 valence electrons. The van der Waals surface area contributed by atoms with Crippen molar-refractivity contribution >= 4 is 27.7 Å². The molecule has 0 spiro atoms. The first-order valence-corrected chi connectivity index (χ1v) is 11.3. The predicted octanol–water partition coefficient (Wildman–Crippen LogP) is 3.70. The average molecular weight is 461 g/mol. The van der Waals surface area contributed by atoms with Gasteiger partial charge in [-0.15, -0.1) is 0 Å². The van der Waals surface area contributed by atoms with Crippen molar-refractivity contribution < 1.29 is 19.0 Å². The first-order valence-electron chi connectivity index (χ1n) is 11.3. The van der Waals surface area contributed by atoms with Gasteiger partial charge in [-0.3, -0.25) is 14.7 Å². The van der Waals surface area contributed by atoms with Crippen LogP contribution in [0.4, 0.5) is 0 Å². The Morgan fingerprint density at radius 3 is 2.44 bits per heavy atom. The van der Waals surface area contributed by atoms with Crippen LogP contribution in [0.15, 0.2) is 48.7 Å². The van der Waals surface area contributed by atoms with Gasteiger partial charge in [-0.1, -0.05) is 24.3 Å². The van der Waals surface area contributed by atoms with Gasteiger partial charge in [0.15, 0.2) is 11.5 Å². The molecular weight excluding hydrogens is 432 g/mol. The van der Waals surface area contributed by atoms with Crippen molar-refractivity contribution in [3.63, 3.8) is 0 Å². The lowest BCUT2D eigenvalue weighted by atomic mass is 10.1. The molecule has 5 rings (SSSR count). The number of benzene rings is 2. The highest BCUT2D eigenvalue weighted by atomic mass is 16.5. The zero-order valence-electron chi connectivity index (χ0n) is 19.6. The van der Waals surface area contributed by atoms with Crippen LogP contribution in [0.5, 0.6) is 17.2 Å². The Hall–Kier alpha value is -3.78. The van der Waals surface area contributed by atoms with E-state index < -0.39 is 0 Å². The van der Waals surface area contributed by atoms with E-state index in [4.69, 9.17) is 14.2 Å². The maximum absolute atomic E-state index is 13.2. The van der Waals surface area contributed by atoms with E-state index >= 15 is 0 Å². The number of nitrogens with one attached hydrogen (secondary N) is 1. The Bertz CT molecular complexity index is 1340. The molecule has 8 nitrogen and oxygen atoms in total. The number of hydrogen-bond acceptors (Lipinski definition) is 6. The Morgan fingerprint density at radius 1 is 0.941 bits per heavy atom. The molecule has 0 aliphatic carbocycles. The second kappa shape index (κ2) is 9.23. The largest absolute Gasteiger partial charge is 0.493 e. The molecule has 2 aromatic heterocycles. The van der Waals surface area contributed by atoms with E-state index in [1.807, 2.05) is 47.4 Å². The van der Waals surface area contributed by atoms with Crippen molar-refractivity contribution in [3.8, 4) is 17.2 Å². The number of hydrogen-bond donors (Lipinski definition) is 1. The maximum atomic E-state index is 13.2. The van der Waals surface area contributed by atoms with Gasteiger partial charge in [0.2, 0.25) is 5.75 Å². The van der Waals surface area contributed by atoms with Crippen molar-refractivity contribution in [2.24, 2.45) is 0 Å². The van der Waals surface area contributed by atoms with Gasteiger partial charge in [0.05, 0.1) is 32.4 Å². The van der Waals surface area contributed by atoms with Crippen LogP contribution in [0.3, 0.4) is 0 Å². The number of nitrogens with zero attached hydrogens (tertiary/aromatic N) is 3. The van der Waals surface area contributed by atoms with Crippen LogP contribution < -0.4 is 14.2 Å². The van der Waals surface area contributed by atoms with Crippen molar-refractivity contribution in [2.75, 3.05) is 47.5 Å². The van der Waals surface area contributed by atoms with Gasteiger partial charge < -0.3 is 24.1 Å². The molecule has 0 unspecified atom stereocenters. The van der Waals surface area contributed by atoms with Crippen LogP contribution in [0, 0.1) is 0 Å². The molecule has 1 fully saturated rings. The molecule has 1 saturated heterocycles. The normalized spacial score (nSPS) is 14.5. The van der Waals surface area contributed by atoms with Crippen LogP contribution in [-0.2, 0) is 6.54 Å².